The molecule has 1 N–H and O–H groups in total. The predicted molar refractivity (Wildman–Crippen MR) is 74.0 cm³/mol. The highest BCUT2D eigenvalue weighted by atomic mass is 15.1. The highest BCUT2D eigenvalue weighted by Gasteiger charge is 1.97. The SMILES string of the molecule is CCCCCCNc1ccc(-n2ccnc2)nc1. The van der Waals surface area contributed by atoms with E-state index in [4.69, 9.17) is 0 Å². The van der Waals surface area contributed by atoms with Crippen LogP contribution in [0.2, 0.25) is 0 Å². The quantitative estimate of drug-likeness (QED) is 0.760. The summed E-state index contributed by atoms with van der Waals surface area (Å²) in [6.45, 7) is 3.25. The fourth-order valence-corrected chi connectivity index (χ4v) is 1.82. The molecular weight excluding hydrogens is 224 g/mol. The number of imidazole rings is 1. The number of anilines is 1. The molecule has 0 aliphatic rings. The van der Waals surface area contributed by atoms with Crippen LogP contribution < -0.4 is 5.32 Å². The predicted octanol–water partition coefficient (Wildman–Crippen LogP) is 3.26. The second kappa shape index (κ2) is 6.79. The number of rotatable bonds is 7. The van der Waals surface area contributed by atoms with E-state index in [2.05, 4.69) is 28.3 Å². The Kier molecular flexibility index (Phi) is 4.76. The van der Waals surface area contributed by atoms with Crippen molar-refractivity contribution in [2.45, 2.75) is 32.6 Å². The van der Waals surface area contributed by atoms with Crippen LogP contribution >= 0.6 is 0 Å². The van der Waals surface area contributed by atoms with E-state index in [0.717, 1.165) is 18.1 Å². The van der Waals surface area contributed by atoms with E-state index >= 15 is 0 Å². The average molecular weight is 244 g/mol. The first-order valence-corrected chi connectivity index (χ1v) is 6.58. The zero-order valence-corrected chi connectivity index (χ0v) is 10.8. The van der Waals surface area contributed by atoms with E-state index < -0.39 is 0 Å². The Morgan fingerprint density at radius 2 is 2.17 bits per heavy atom. The molecule has 0 saturated carbocycles. The van der Waals surface area contributed by atoms with Crippen LogP contribution in [0.25, 0.3) is 5.82 Å². The van der Waals surface area contributed by atoms with Gasteiger partial charge in [-0.3, -0.25) is 4.57 Å². The Morgan fingerprint density at radius 3 is 2.83 bits per heavy atom. The molecule has 2 aromatic rings. The van der Waals surface area contributed by atoms with Crippen LogP contribution in [0, 0.1) is 0 Å². The highest BCUT2D eigenvalue weighted by Crippen LogP contribution is 2.10. The van der Waals surface area contributed by atoms with Crippen molar-refractivity contribution in [3.63, 3.8) is 0 Å². The lowest BCUT2D eigenvalue weighted by atomic mass is 10.2. The topological polar surface area (TPSA) is 42.7 Å². The van der Waals surface area contributed by atoms with Gasteiger partial charge in [-0.25, -0.2) is 9.97 Å². The van der Waals surface area contributed by atoms with Gasteiger partial charge < -0.3 is 5.32 Å². The Balaban J connectivity index is 1.81. The van der Waals surface area contributed by atoms with Crippen LogP contribution in [0.5, 0.6) is 0 Å². The highest BCUT2D eigenvalue weighted by molar-refractivity contribution is 5.43. The van der Waals surface area contributed by atoms with Crippen LogP contribution in [0.3, 0.4) is 0 Å². The molecule has 0 saturated heterocycles. The molecule has 96 valence electrons. The standard InChI is InChI=1S/C14H20N4/c1-2-3-4-5-8-16-13-6-7-14(17-11-13)18-10-9-15-12-18/h6-7,9-12,16H,2-5,8H2,1H3. The Morgan fingerprint density at radius 1 is 1.22 bits per heavy atom. The monoisotopic (exact) mass is 244 g/mol. The maximum atomic E-state index is 4.40. The fourth-order valence-electron chi connectivity index (χ4n) is 1.82. The summed E-state index contributed by atoms with van der Waals surface area (Å²) in [7, 11) is 0. The number of nitrogens with one attached hydrogen (secondary N) is 1. The largest absolute Gasteiger partial charge is 0.384 e. The van der Waals surface area contributed by atoms with E-state index in [9.17, 15) is 0 Å². The van der Waals surface area contributed by atoms with Gasteiger partial charge in [0.1, 0.15) is 12.1 Å². The minimum atomic E-state index is 0.893. The second-order valence-corrected chi connectivity index (χ2v) is 4.36. The number of nitrogens with zero attached hydrogens (tertiary/aromatic N) is 3. The third kappa shape index (κ3) is 3.58. The first-order valence-electron chi connectivity index (χ1n) is 6.58. The summed E-state index contributed by atoms with van der Waals surface area (Å²) in [5.41, 5.74) is 1.08. The molecule has 0 bridgehead atoms. The third-order valence-electron chi connectivity index (χ3n) is 2.88. The number of pyridine rings is 1. The number of unbranched alkanes of at least 4 members (excludes halogenated alkanes) is 3. The lowest BCUT2D eigenvalue weighted by Gasteiger charge is -2.07. The maximum Gasteiger partial charge on any atom is 0.137 e. The minimum Gasteiger partial charge on any atom is -0.384 e. The Bertz CT molecular complexity index is 433. The Hall–Kier alpha value is -1.84. The zero-order chi connectivity index (χ0) is 12.6. The molecule has 0 aromatic carbocycles. The zero-order valence-electron chi connectivity index (χ0n) is 10.8. The second-order valence-electron chi connectivity index (χ2n) is 4.36. The molecule has 2 heterocycles. The lowest BCUT2D eigenvalue weighted by Crippen LogP contribution is -2.02. The number of hydrogen-bond donors (Lipinski definition) is 1. The van der Waals surface area contributed by atoms with Gasteiger partial charge in [-0.2, -0.15) is 0 Å². The van der Waals surface area contributed by atoms with Crippen molar-refractivity contribution in [1.29, 1.82) is 0 Å². The van der Waals surface area contributed by atoms with Gasteiger partial charge >= 0.3 is 0 Å². The molecule has 18 heavy (non-hydrogen) atoms. The molecule has 4 heteroatoms. The van der Waals surface area contributed by atoms with Gasteiger partial charge in [-0.05, 0) is 18.6 Å². The molecule has 0 aliphatic carbocycles. The molecule has 0 aliphatic heterocycles. The summed E-state index contributed by atoms with van der Waals surface area (Å²) in [6, 6.07) is 4.05. The number of hydrogen-bond acceptors (Lipinski definition) is 3. The summed E-state index contributed by atoms with van der Waals surface area (Å²) in [5.74, 6) is 0.893. The molecule has 0 spiro atoms. The van der Waals surface area contributed by atoms with Crippen LogP contribution in [0.15, 0.2) is 37.1 Å². The van der Waals surface area contributed by atoms with E-state index in [1.165, 1.54) is 25.7 Å². The number of aromatic nitrogens is 3. The molecule has 0 radical (unpaired) electrons. The van der Waals surface area contributed by atoms with E-state index in [-0.39, 0.29) is 0 Å². The van der Waals surface area contributed by atoms with Crippen molar-refractivity contribution >= 4 is 5.69 Å². The Labute approximate surface area is 108 Å². The van der Waals surface area contributed by atoms with Gasteiger partial charge in [-0.1, -0.05) is 26.2 Å². The average Bonchev–Trinajstić information content (AvgIpc) is 2.93. The van der Waals surface area contributed by atoms with Crippen molar-refractivity contribution in [2.24, 2.45) is 0 Å². The lowest BCUT2D eigenvalue weighted by molar-refractivity contribution is 0.685. The van der Waals surface area contributed by atoms with Crippen molar-refractivity contribution in [3.05, 3.63) is 37.1 Å². The maximum absolute atomic E-state index is 4.40. The van der Waals surface area contributed by atoms with Crippen molar-refractivity contribution in [1.82, 2.24) is 14.5 Å². The van der Waals surface area contributed by atoms with Crippen molar-refractivity contribution in [3.8, 4) is 5.82 Å². The van der Waals surface area contributed by atoms with E-state index in [0.29, 0.717) is 0 Å². The molecule has 0 unspecified atom stereocenters. The molecule has 0 atom stereocenters. The normalized spacial score (nSPS) is 10.5. The van der Waals surface area contributed by atoms with Gasteiger partial charge in [0, 0.05) is 18.9 Å². The smallest absolute Gasteiger partial charge is 0.137 e. The van der Waals surface area contributed by atoms with E-state index in [1.54, 1.807) is 12.5 Å². The van der Waals surface area contributed by atoms with Crippen LogP contribution in [0.1, 0.15) is 32.6 Å². The third-order valence-corrected chi connectivity index (χ3v) is 2.88. The molecular formula is C14H20N4. The first kappa shape index (κ1) is 12.6. The van der Waals surface area contributed by atoms with Crippen LogP contribution in [-0.2, 0) is 0 Å². The molecule has 0 fully saturated rings. The van der Waals surface area contributed by atoms with Gasteiger partial charge in [0.25, 0.3) is 0 Å². The van der Waals surface area contributed by atoms with Gasteiger partial charge in [-0.15, -0.1) is 0 Å². The van der Waals surface area contributed by atoms with E-state index in [1.807, 2.05) is 23.0 Å². The van der Waals surface area contributed by atoms with Crippen molar-refractivity contribution in [2.75, 3.05) is 11.9 Å². The first-order chi connectivity index (χ1) is 8.90. The van der Waals surface area contributed by atoms with Gasteiger partial charge in [0.15, 0.2) is 0 Å². The molecule has 2 aromatic heterocycles. The van der Waals surface area contributed by atoms with Crippen LogP contribution in [-0.4, -0.2) is 21.1 Å². The summed E-state index contributed by atoms with van der Waals surface area (Å²) >= 11 is 0. The van der Waals surface area contributed by atoms with Gasteiger partial charge in [0.05, 0.1) is 11.9 Å². The fraction of sp³-hybridized carbons (Fsp3) is 0.429. The van der Waals surface area contributed by atoms with Crippen LogP contribution in [0.4, 0.5) is 5.69 Å². The molecule has 0 amide bonds. The summed E-state index contributed by atoms with van der Waals surface area (Å²) < 4.78 is 1.89. The summed E-state index contributed by atoms with van der Waals surface area (Å²) in [6.07, 6.45) is 12.4. The summed E-state index contributed by atoms with van der Waals surface area (Å²) in [4.78, 5) is 8.40. The van der Waals surface area contributed by atoms with Crippen molar-refractivity contribution < 1.29 is 0 Å². The molecule has 2 rings (SSSR count). The minimum absolute atomic E-state index is 0.893. The van der Waals surface area contributed by atoms with Gasteiger partial charge in [0.2, 0.25) is 0 Å². The molecule has 4 nitrogen and oxygen atoms in total. The summed E-state index contributed by atoms with van der Waals surface area (Å²) in [5, 5.41) is 3.39.